The third kappa shape index (κ3) is 15.6. The van der Waals surface area contributed by atoms with E-state index in [1.165, 1.54) is 5.57 Å². The first kappa shape index (κ1) is 52.6. The van der Waals surface area contributed by atoms with Crippen molar-refractivity contribution in [3.05, 3.63) is 32.8 Å². The van der Waals surface area contributed by atoms with Crippen molar-refractivity contribution in [3.63, 3.8) is 0 Å². The predicted octanol–water partition coefficient (Wildman–Crippen LogP) is 14.0. The number of ketones is 1. The number of carbonyl (C=O) groups is 1. The van der Waals surface area contributed by atoms with Crippen LogP contribution in [-0.2, 0) is 18.1 Å². The van der Waals surface area contributed by atoms with E-state index in [9.17, 15) is 9.90 Å². The highest BCUT2D eigenvalue weighted by atomic mass is 35.5. The van der Waals surface area contributed by atoms with E-state index in [-0.39, 0.29) is 39.0 Å². The van der Waals surface area contributed by atoms with Crippen molar-refractivity contribution in [1.29, 1.82) is 0 Å². The normalized spacial score (nSPS) is 17.6. The molecule has 0 spiro atoms. The van der Waals surface area contributed by atoms with E-state index in [0.29, 0.717) is 24.5 Å². The molecule has 0 saturated carbocycles. The number of aliphatic hydroxyl groups excluding tert-OH is 1. The molecular weight excluding hydrogens is 774 g/mol. The average molecular weight is 859 g/mol. The molecule has 6 nitrogen and oxygen atoms in total. The molecule has 11 heteroatoms. The summed E-state index contributed by atoms with van der Waals surface area (Å²) in [6.07, 6.45) is 6.90. The molecule has 0 fully saturated rings. The number of nitrogens with zero attached hydrogens (tertiary/aromatic N) is 1. The van der Waals surface area contributed by atoms with Crippen LogP contribution in [0.15, 0.2) is 22.1 Å². The lowest BCUT2D eigenvalue weighted by atomic mass is 9.73. The molecule has 0 aliphatic rings. The predicted molar refractivity (Wildman–Crippen MR) is 248 cm³/mol. The average Bonchev–Trinajstić information content (AvgIpc) is 3.43. The van der Waals surface area contributed by atoms with Crippen molar-refractivity contribution in [3.8, 4) is 0 Å². The molecule has 0 unspecified atom stereocenters. The van der Waals surface area contributed by atoms with Crippen molar-refractivity contribution in [2.24, 2.45) is 17.3 Å². The van der Waals surface area contributed by atoms with Crippen molar-refractivity contribution >= 4 is 59.7 Å². The molecule has 0 saturated heterocycles. The van der Waals surface area contributed by atoms with Gasteiger partial charge in [0.1, 0.15) is 5.78 Å². The van der Waals surface area contributed by atoms with E-state index in [1.807, 2.05) is 39.2 Å². The van der Waals surface area contributed by atoms with Crippen LogP contribution in [0.4, 0.5) is 0 Å². The Balaban J connectivity index is 3.07. The van der Waals surface area contributed by atoms with Crippen molar-refractivity contribution < 1.29 is 23.2 Å². The van der Waals surface area contributed by atoms with Crippen molar-refractivity contribution in [2.45, 2.75) is 209 Å². The molecular formula is C44H84ClNO5SSi3. The van der Waals surface area contributed by atoms with Gasteiger partial charge in [0, 0.05) is 28.4 Å². The Morgan fingerprint density at radius 1 is 0.873 bits per heavy atom. The Morgan fingerprint density at radius 2 is 1.38 bits per heavy atom. The number of Topliss-reactive ketones (excluding diaryl/α,β-unsaturated/α-hetero) is 1. The summed E-state index contributed by atoms with van der Waals surface area (Å²) in [5.41, 5.74) is 1.35. The van der Waals surface area contributed by atoms with Crippen molar-refractivity contribution in [1.82, 2.24) is 4.98 Å². The van der Waals surface area contributed by atoms with Gasteiger partial charge in [-0.2, -0.15) is 0 Å². The molecule has 0 aliphatic carbocycles. The minimum absolute atomic E-state index is 0.000684. The fourth-order valence-electron chi connectivity index (χ4n) is 5.84. The maximum absolute atomic E-state index is 14.4. The van der Waals surface area contributed by atoms with Crippen LogP contribution in [0, 0.1) is 24.2 Å². The van der Waals surface area contributed by atoms with Crippen LogP contribution < -0.4 is 0 Å². The number of hydrogen-bond donors (Lipinski definition) is 1. The summed E-state index contributed by atoms with van der Waals surface area (Å²) in [7, 11) is -6.26. The molecule has 1 aromatic rings. The van der Waals surface area contributed by atoms with Crippen LogP contribution in [0.3, 0.4) is 0 Å². The summed E-state index contributed by atoms with van der Waals surface area (Å²) in [5.74, 6) is -0.487. The second kappa shape index (κ2) is 20.2. The molecule has 1 N–H and O–H groups in total. The van der Waals surface area contributed by atoms with E-state index in [1.54, 1.807) is 11.3 Å². The second-order valence-corrected chi connectivity index (χ2v) is 37.3. The molecule has 1 heterocycles. The highest BCUT2D eigenvalue weighted by Crippen LogP contribution is 2.43. The monoisotopic (exact) mass is 858 g/mol. The van der Waals surface area contributed by atoms with Gasteiger partial charge in [-0.05, 0) is 112 Å². The quantitative estimate of drug-likeness (QED) is 0.0980. The summed E-state index contributed by atoms with van der Waals surface area (Å²) in [6, 6.07) is 0. The zero-order chi connectivity index (χ0) is 43.2. The van der Waals surface area contributed by atoms with Gasteiger partial charge in [-0.1, -0.05) is 113 Å². The number of aliphatic hydroxyl groups is 1. The van der Waals surface area contributed by atoms with Gasteiger partial charge in [0.2, 0.25) is 0 Å². The number of carbonyl (C=O) groups excluding carboxylic acids is 1. The first-order valence-corrected chi connectivity index (χ1v) is 30.7. The molecule has 1 aromatic heterocycles. The fraction of sp³-hybridized carbons (Fsp3) is 0.818. The van der Waals surface area contributed by atoms with Gasteiger partial charge in [-0.15, -0.1) is 11.3 Å². The Labute approximate surface area is 351 Å². The van der Waals surface area contributed by atoms with Gasteiger partial charge in [-0.3, -0.25) is 4.79 Å². The van der Waals surface area contributed by atoms with E-state index < -0.39 is 42.4 Å². The third-order valence-corrected chi connectivity index (χ3v) is 27.9. The first-order chi connectivity index (χ1) is 24.6. The SMILES string of the molecule is CC(=CC[C@H](O[Si](C)(C)C(C)(C)C)C(Cl)=Cc1csc(C)n1)CCC[C@H](C)[C@H](O)[C@@H](C)C(=O)C(C)(C)[C@H](CCO[Si](C)(C)C(C)(C)C)O[Si](C)(C)C(C)(C)C. The van der Waals surface area contributed by atoms with Crippen LogP contribution >= 0.6 is 22.9 Å². The van der Waals surface area contributed by atoms with Gasteiger partial charge >= 0.3 is 0 Å². The molecule has 0 aliphatic heterocycles. The number of allylic oxidation sites excluding steroid dienone is 1. The number of thiazole rings is 1. The maximum Gasteiger partial charge on any atom is 0.192 e. The lowest BCUT2D eigenvalue weighted by Gasteiger charge is -2.45. The second-order valence-electron chi connectivity index (χ2n) is 21.5. The molecule has 0 radical (unpaired) electrons. The number of hydrogen-bond acceptors (Lipinski definition) is 7. The van der Waals surface area contributed by atoms with E-state index in [4.69, 9.17) is 24.9 Å². The number of halogens is 1. The zero-order valence-corrected chi connectivity index (χ0v) is 43.7. The number of aryl methyl sites for hydroxylation is 1. The molecule has 55 heavy (non-hydrogen) atoms. The van der Waals surface area contributed by atoms with Crippen molar-refractivity contribution in [2.75, 3.05) is 6.61 Å². The Morgan fingerprint density at radius 3 is 1.85 bits per heavy atom. The van der Waals surface area contributed by atoms with Crippen LogP contribution in [-0.4, -0.2) is 65.7 Å². The van der Waals surface area contributed by atoms with Gasteiger partial charge in [0.15, 0.2) is 25.0 Å². The smallest absolute Gasteiger partial charge is 0.192 e. The third-order valence-electron chi connectivity index (χ3n) is 13.2. The summed E-state index contributed by atoms with van der Waals surface area (Å²) < 4.78 is 20.5. The van der Waals surface area contributed by atoms with E-state index >= 15 is 0 Å². The minimum Gasteiger partial charge on any atom is -0.417 e. The minimum atomic E-state index is -2.21. The lowest BCUT2D eigenvalue weighted by molar-refractivity contribution is -0.141. The Hall–Kier alpha value is -0.439. The first-order valence-electron chi connectivity index (χ1n) is 20.7. The van der Waals surface area contributed by atoms with Crippen LogP contribution in [0.1, 0.15) is 140 Å². The highest BCUT2D eigenvalue weighted by Gasteiger charge is 2.48. The van der Waals surface area contributed by atoms with Gasteiger partial charge < -0.3 is 18.4 Å². The molecule has 0 bridgehead atoms. The van der Waals surface area contributed by atoms with Crippen LogP contribution in [0.2, 0.25) is 54.4 Å². The summed E-state index contributed by atoms with van der Waals surface area (Å²) in [6.45, 7) is 46.5. The molecule has 1 rings (SSSR count). The number of rotatable bonds is 21. The summed E-state index contributed by atoms with van der Waals surface area (Å²) >= 11 is 8.57. The van der Waals surface area contributed by atoms with Gasteiger partial charge in [0.05, 0.1) is 29.0 Å². The van der Waals surface area contributed by atoms with Gasteiger partial charge in [-0.25, -0.2) is 4.98 Å². The van der Waals surface area contributed by atoms with E-state index in [0.717, 1.165) is 30.0 Å². The van der Waals surface area contributed by atoms with Gasteiger partial charge in [0.25, 0.3) is 0 Å². The largest absolute Gasteiger partial charge is 0.417 e. The Bertz CT molecular complexity index is 1430. The topological polar surface area (TPSA) is 77.9 Å². The lowest BCUT2D eigenvalue weighted by Crippen LogP contribution is -2.52. The maximum atomic E-state index is 14.4. The van der Waals surface area contributed by atoms with Crippen LogP contribution in [0.25, 0.3) is 6.08 Å². The van der Waals surface area contributed by atoms with Crippen LogP contribution in [0.5, 0.6) is 0 Å². The fourth-order valence-corrected chi connectivity index (χ4v) is 10.6. The van der Waals surface area contributed by atoms with E-state index in [2.05, 4.69) is 127 Å². The Kier molecular flexibility index (Phi) is 19.3. The molecule has 5 atom stereocenters. The molecule has 0 amide bonds. The summed E-state index contributed by atoms with van der Waals surface area (Å²) in [5, 5.41) is 15.5. The zero-order valence-electron chi connectivity index (χ0n) is 39.2. The molecule has 0 aromatic carbocycles. The number of aromatic nitrogens is 1. The summed E-state index contributed by atoms with van der Waals surface area (Å²) in [4.78, 5) is 19.0. The highest BCUT2D eigenvalue weighted by molar-refractivity contribution is 7.09. The standard InChI is InChI=1S/C44H84ClNO5SSi3/c1-31(25-26-37(50-54(18,19)42(8,9)10)36(45)29-35-30-52-34(4)46-35)23-22-24-32(2)39(47)33(3)40(48)44(14,15)38(51-55(20,21)43(11,12)13)27-28-49-53(16,17)41(5,6)7/h25,29-30,32-33,37-39,47H,22-24,26-28H2,1-21H3/t32-,33+,37-,38-,39-/m0/s1. The molecule has 320 valence electrons.